The topological polar surface area (TPSA) is 55.1 Å². The number of aromatic nitrogens is 2. The highest BCUT2D eigenvalue weighted by atomic mass is 16.4. The minimum atomic E-state index is -0.884. The number of carboxylic acid groups (broad SMARTS) is 1. The van der Waals surface area contributed by atoms with Crippen LogP contribution in [0, 0.1) is 6.92 Å². The fraction of sp³-hybridized carbons (Fsp3) is 0.400. The molecule has 0 fully saturated rings. The van der Waals surface area contributed by atoms with Crippen LogP contribution in [-0.4, -0.2) is 20.9 Å². The fourth-order valence-corrected chi connectivity index (χ4v) is 1.33. The second kappa shape index (κ2) is 3.65. The molecule has 0 atom stereocenters. The van der Waals surface area contributed by atoms with E-state index in [9.17, 15) is 4.79 Å². The summed E-state index contributed by atoms with van der Waals surface area (Å²) in [5.41, 5.74) is 2.88. The second-order valence-electron chi connectivity index (χ2n) is 3.36. The molecule has 0 aliphatic heterocycles. The Hall–Kier alpha value is -1.58. The van der Waals surface area contributed by atoms with Crippen LogP contribution < -0.4 is 0 Å². The smallest absolute Gasteiger partial charge is 0.331 e. The van der Waals surface area contributed by atoms with E-state index in [1.807, 2.05) is 20.2 Å². The number of carbonyl (C=O) groups is 1. The molecule has 0 amide bonds. The molecule has 1 rings (SSSR count). The predicted octanol–water partition coefficient (Wildman–Crippen LogP) is 1.61. The summed E-state index contributed by atoms with van der Waals surface area (Å²) in [6.45, 7) is 5.27. The van der Waals surface area contributed by atoms with E-state index in [4.69, 9.17) is 5.11 Å². The zero-order chi connectivity index (χ0) is 10.9. The van der Waals surface area contributed by atoms with Gasteiger partial charge in [-0.15, -0.1) is 0 Å². The van der Waals surface area contributed by atoms with E-state index >= 15 is 0 Å². The highest BCUT2D eigenvalue weighted by Crippen LogP contribution is 2.20. The molecule has 1 aromatic heterocycles. The van der Waals surface area contributed by atoms with Crippen molar-refractivity contribution in [3.8, 4) is 0 Å². The van der Waals surface area contributed by atoms with Gasteiger partial charge in [0.05, 0.1) is 5.69 Å². The maximum Gasteiger partial charge on any atom is 0.331 e. The Morgan fingerprint density at radius 3 is 2.43 bits per heavy atom. The molecule has 0 aliphatic carbocycles. The lowest BCUT2D eigenvalue weighted by atomic mass is 10.0. The highest BCUT2D eigenvalue weighted by molar-refractivity contribution is 5.95. The van der Waals surface area contributed by atoms with Crippen molar-refractivity contribution in [3.63, 3.8) is 0 Å². The molecule has 0 saturated heterocycles. The van der Waals surface area contributed by atoms with Crippen molar-refractivity contribution < 1.29 is 9.90 Å². The molecule has 76 valence electrons. The molecule has 1 heterocycles. The lowest BCUT2D eigenvalue weighted by molar-refractivity contribution is -0.132. The van der Waals surface area contributed by atoms with Gasteiger partial charge in [-0.05, 0) is 26.3 Å². The standard InChI is InChI=1S/C10H14N2O2/c1-6(7(2)10(13)14)9-5-12(4)11-8(9)3/h5H,1-4H3,(H,13,14). The molecule has 14 heavy (non-hydrogen) atoms. The Morgan fingerprint density at radius 2 is 2.07 bits per heavy atom. The summed E-state index contributed by atoms with van der Waals surface area (Å²) >= 11 is 0. The molecular weight excluding hydrogens is 180 g/mol. The third kappa shape index (κ3) is 1.84. The van der Waals surface area contributed by atoms with Crippen LogP contribution in [0.3, 0.4) is 0 Å². The van der Waals surface area contributed by atoms with Crippen molar-refractivity contribution in [2.24, 2.45) is 7.05 Å². The quantitative estimate of drug-likeness (QED) is 0.727. The molecule has 0 bridgehead atoms. The number of aryl methyl sites for hydroxylation is 2. The highest BCUT2D eigenvalue weighted by Gasteiger charge is 2.11. The van der Waals surface area contributed by atoms with Gasteiger partial charge in [0, 0.05) is 24.4 Å². The maximum absolute atomic E-state index is 10.7. The van der Waals surface area contributed by atoms with Crippen molar-refractivity contribution in [3.05, 3.63) is 23.0 Å². The third-order valence-electron chi connectivity index (χ3n) is 2.30. The number of carboxylic acids is 1. The lowest BCUT2D eigenvalue weighted by Crippen LogP contribution is -1.99. The molecule has 0 aromatic carbocycles. The van der Waals surface area contributed by atoms with Gasteiger partial charge in [0.15, 0.2) is 0 Å². The average Bonchev–Trinajstić information content (AvgIpc) is 2.42. The number of rotatable bonds is 2. The SMILES string of the molecule is CC(C(=O)O)=C(C)c1cn(C)nc1C. The van der Waals surface area contributed by atoms with Crippen molar-refractivity contribution in [2.75, 3.05) is 0 Å². The maximum atomic E-state index is 10.7. The minimum Gasteiger partial charge on any atom is -0.478 e. The van der Waals surface area contributed by atoms with Crippen LogP contribution in [0.15, 0.2) is 11.8 Å². The van der Waals surface area contributed by atoms with Gasteiger partial charge in [-0.3, -0.25) is 4.68 Å². The van der Waals surface area contributed by atoms with Crippen LogP contribution in [0.4, 0.5) is 0 Å². The van der Waals surface area contributed by atoms with E-state index in [0.29, 0.717) is 5.57 Å². The van der Waals surface area contributed by atoms with Gasteiger partial charge in [-0.2, -0.15) is 5.10 Å². The van der Waals surface area contributed by atoms with Crippen molar-refractivity contribution in [2.45, 2.75) is 20.8 Å². The van der Waals surface area contributed by atoms with E-state index in [1.54, 1.807) is 18.5 Å². The largest absolute Gasteiger partial charge is 0.478 e. The van der Waals surface area contributed by atoms with Gasteiger partial charge in [-0.1, -0.05) is 0 Å². The molecule has 0 spiro atoms. The Bertz CT molecular complexity index is 402. The fourth-order valence-electron chi connectivity index (χ4n) is 1.33. The normalized spacial score (nSPS) is 12.6. The first-order valence-corrected chi connectivity index (χ1v) is 4.35. The van der Waals surface area contributed by atoms with Gasteiger partial charge in [0.2, 0.25) is 0 Å². The summed E-state index contributed by atoms with van der Waals surface area (Å²) in [4.78, 5) is 10.7. The first kappa shape index (κ1) is 10.5. The zero-order valence-corrected chi connectivity index (χ0v) is 8.83. The molecule has 0 radical (unpaired) electrons. The van der Waals surface area contributed by atoms with E-state index in [0.717, 1.165) is 16.8 Å². The predicted molar refractivity (Wildman–Crippen MR) is 53.8 cm³/mol. The van der Waals surface area contributed by atoms with Gasteiger partial charge in [0.1, 0.15) is 0 Å². The third-order valence-corrected chi connectivity index (χ3v) is 2.30. The van der Waals surface area contributed by atoms with Gasteiger partial charge < -0.3 is 5.11 Å². The first-order valence-electron chi connectivity index (χ1n) is 4.35. The van der Waals surface area contributed by atoms with Gasteiger partial charge >= 0.3 is 5.97 Å². The number of nitrogens with zero attached hydrogens (tertiary/aromatic N) is 2. The van der Waals surface area contributed by atoms with E-state index in [-0.39, 0.29) is 0 Å². The summed E-state index contributed by atoms with van der Waals surface area (Å²) in [6.07, 6.45) is 1.83. The summed E-state index contributed by atoms with van der Waals surface area (Å²) < 4.78 is 1.68. The van der Waals surface area contributed by atoms with E-state index < -0.39 is 5.97 Å². The van der Waals surface area contributed by atoms with Crippen LogP contribution in [0.25, 0.3) is 5.57 Å². The molecule has 1 aromatic rings. The van der Waals surface area contributed by atoms with Crippen LogP contribution in [0.1, 0.15) is 25.1 Å². The van der Waals surface area contributed by atoms with Gasteiger partial charge in [-0.25, -0.2) is 4.79 Å². The Morgan fingerprint density at radius 1 is 1.50 bits per heavy atom. The second-order valence-corrected chi connectivity index (χ2v) is 3.36. The van der Waals surface area contributed by atoms with E-state index in [1.165, 1.54) is 0 Å². The number of aliphatic carboxylic acids is 1. The summed E-state index contributed by atoms with van der Waals surface area (Å²) in [7, 11) is 1.82. The average molecular weight is 194 g/mol. The summed E-state index contributed by atoms with van der Waals surface area (Å²) in [5, 5.41) is 13.0. The molecular formula is C10H14N2O2. The first-order chi connectivity index (χ1) is 6.43. The van der Waals surface area contributed by atoms with E-state index in [2.05, 4.69) is 5.10 Å². The van der Waals surface area contributed by atoms with Gasteiger partial charge in [0.25, 0.3) is 0 Å². The molecule has 1 N–H and O–H groups in total. The number of allylic oxidation sites excluding steroid dienone is 1. The number of hydrogen-bond donors (Lipinski definition) is 1. The van der Waals surface area contributed by atoms with Crippen molar-refractivity contribution in [1.29, 1.82) is 0 Å². The van der Waals surface area contributed by atoms with Crippen LogP contribution >= 0.6 is 0 Å². The molecule has 0 aliphatic rings. The van der Waals surface area contributed by atoms with Crippen molar-refractivity contribution >= 4 is 11.5 Å². The Labute approximate surface area is 82.9 Å². The summed E-state index contributed by atoms with van der Waals surface area (Å²) in [5.74, 6) is -0.884. The number of hydrogen-bond acceptors (Lipinski definition) is 2. The molecule has 0 saturated carbocycles. The molecule has 0 unspecified atom stereocenters. The Kier molecular flexibility index (Phi) is 2.74. The summed E-state index contributed by atoms with van der Waals surface area (Å²) in [6, 6.07) is 0. The minimum absolute atomic E-state index is 0.362. The van der Waals surface area contributed by atoms with Crippen LogP contribution in [0.2, 0.25) is 0 Å². The van der Waals surface area contributed by atoms with Crippen LogP contribution in [0.5, 0.6) is 0 Å². The lowest BCUT2D eigenvalue weighted by Gasteiger charge is -2.01. The Balaban J connectivity index is 3.24. The molecule has 4 heteroatoms. The molecule has 4 nitrogen and oxygen atoms in total. The van der Waals surface area contributed by atoms with Crippen LogP contribution in [-0.2, 0) is 11.8 Å². The zero-order valence-electron chi connectivity index (χ0n) is 8.83. The van der Waals surface area contributed by atoms with Crippen molar-refractivity contribution in [1.82, 2.24) is 9.78 Å². The monoisotopic (exact) mass is 194 g/mol.